The molecule has 0 atom stereocenters. The summed E-state index contributed by atoms with van der Waals surface area (Å²) in [5.41, 5.74) is 4.42. The van der Waals surface area contributed by atoms with Crippen molar-refractivity contribution in [3.63, 3.8) is 0 Å². The van der Waals surface area contributed by atoms with Crippen LogP contribution in [0.4, 0.5) is 5.69 Å². The Morgan fingerprint density at radius 1 is 1.07 bits per heavy atom. The maximum Gasteiger partial charge on any atom is 0.306 e. The number of piperazine rings is 1. The Morgan fingerprint density at radius 2 is 1.69 bits per heavy atom. The van der Waals surface area contributed by atoms with Crippen LogP contribution >= 0.6 is 24.8 Å². The molecule has 8 nitrogen and oxygen atoms in total. The minimum atomic E-state index is -0.210. The van der Waals surface area contributed by atoms with Crippen molar-refractivity contribution in [3.05, 3.63) is 24.5 Å². The first-order valence-corrected chi connectivity index (χ1v) is 9.66. The summed E-state index contributed by atoms with van der Waals surface area (Å²) in [6, 6.07) is 4.03. The Hall–Kier alpha value is -1.61. The highest BCUT2D eigenvalue weighted by atomic mass is 35.5. The van der Waals surface area contributed by atoms with Gasteiger partial charge in [0.15, 0.2) is 0 Å². The Kier molecular flexibility index (Phi) is 11.3. The molecule has 10 heteroatoms. The van der Waals surface area contributed by atoms with Gasteiger partial charge in [-0.2, -0.15) is 0 Å². The number of carbonyl (C=O) groups excluding carboxylic acids is 2. The van der Waals surface area contributed by atoms with Gasteiger partial charge in [-0.3, -0.25) is 20.0 Å². The van der Waals surface area contributed by atoms with Gasteiger partial charge in [0, 0.05) is 69.8 Å². The summed E-state index contributed by atoms with van der Waals surface area (Å²) in [6.07, 6.45) is 5.68. The standard InChI is InChI=1S/C19H29N5O3.2ClH/c1-27-18(25)4-9-21-24-10-5-16(6-11-24)19(26)23-14-12-22(13-15-23)17-2-7-20-8-3-17;;/h2-3,7-8,16,21H,4-6,9-15H2,1H3;2*1H. The second-order valence-corrected chi connectivity index (χ2v) is 7.01. The zero-order valence-electron chi connectivity index (χ0n) is 16.8. The maximum atomic E-state index is 12.8. The number of aromatic nitrogens is 1. The lowest BCUT2D eigenvalue weighted by Crippen LogP contribution is -2.52. The average Bonchev–Trinajstić information content (AvgIpc) is 2.74. The van der Waals surface area contributed by atoms with Crippen LogP contribution in [0.3, 0.4) is 0 Å². The van der Waals surface area contributed by atoms with Gasteiger partial charge in [0.2, 0.25) is 5.91 Å². The highest BCUT2D eigenvalue weighted by Crippen LogP contribution is 2.21. The summed E-state index contributed by atoms with van der Waals surface area (Å²) in [6.45, 7) is 5.51. The lowest BCUT2D eigenvalue weighted by molar-refractivity contribution is -0.140. The number of esters is 1. The largest absolute Gasteiger partial charge is 0.469 e. The van der Waals surface area contributed by atoms with E-state index in [9.17, 15) is 9.59 Å². The lowest BCUT2D eigenvalue weighted by atomic mass is 9.96. The van der Waals surface area contributed by atoms with Gasteiger partial charge in [0.05, 0.1) is 13.5 Å². The average molecular weight is 448 g/mol. The van der Waals surface area contributed by atoms with Crippen molar-refractivity contribution in [1.29, 1.82) is 0 Å². The van der Waals surface area contributed by atoms with E-state index >= 15 is 0 Å². The van der Waals surface area contributed by atoms with E-state index in [0.717, 1.165) is 52.1 Å². The van der Waals surface area contributed by atoms with E-state index in [-0.39, 0.29) is 36.7 Å². The number of hydrogen-bond acceptors (Lipinski definition) is 7. The van der Waals surface area contributed by atoms with Crippen molar-refractivity contribution in [1.82, 2.24) is 20.3 Å². The van der Waals surface area contributed by atoms with Gasteiger partial charge in [-0.1, -0.05) is 0 Å². The summed E-state index contributed by atoms with van der Waals surface area (Å²) in [7, 11) is 1.40. The van der Waals surface area contributed by atoms with Crippen LogP contribution in [-0.2, 0) is 14.3 Å². The molecule has 0 unspecified atom stereocenters. The highest BCUT2D eigenvalue weighted by molar-refractivity contribution is 5.85. The van der Waals surface area contributed by atoms with E-state index < -0.39 is 0 Å². The van der Waals surface area contributed by atoms with Crippen molar-refractivity contribution in [3.8, 4) is 0 Å². The van der Waals surface area contributed by atoms with Crippen LogP contribution in [0.1, 0.15) is 19.3 Å². The molecule has 1 aromatic heterocycles. The van der Waals surface area contributed by atoms with Crippen LogP contribution < -0.4 is 10.3 Å². The number of pyridine rings is 1. The van der Waals surface area contributed by atoms with E-state index in [1.807, 2.05) is 17.0 Å². The smallest absolute Gasteiger partial charge is 0.306 e. The second kappa shape index (κ2) is 12.8. The molecule has 1 amide bonds. The number of nitrogens with one attached hydrogen (secondary N) is 1. The minimum absolute atomic E-state index is 0. The number of halogens is 2. The maximum absolute atomic E-state index is 12.8. The van der Waals surface area contributed by atoms with Gasteiger partial charge in [-0.15, -0.1) is 24.8 Å². The number of ether oxygens (including phenoxy) is 1. The van der Waals surface area contributed by atoms with Gasteiger partial charge in [0.1, 0.15) is 0 Å². The van der Waals surface area contributed by atoms with Crippen LogP contribution in [0.5, 0.6) is 0 Å². The highest BCUT2D eigenvalue weighted by Gasteiger charge is 2.30. The summed E-state index contributed by atoms with van der Waals surface area (Å²) in [5, 5.41) is 2.11. The molecule has 3 rings (SSSR count). The third kappa shape index (κ3) is 7.29. The summed E-state index contributed by atoms with van der Waals surface area (Å²) < 4.78 is 4.64. The zero-order chi connectivity index (χ0) is 19.1. The molecule has 2 saturated heterocycles. The Labute approximate surface area is 184 Å². The SMILES string of the molecule is COC(=O)CCNN1CCC(C(=O)N2CCN(c3ccncc3)CC2)CC1.Cl.Cl. The number of carbonyl (C=O) groups is 2. The molecule has 2 fully saturated rings. The van der Waals surface area contributed by atoms with E-state index in [2.05, 4.69) is 25.1 Å². The first kappa shape index (κ1) is 25.4. The first-order valence-electron chi connectivity index (χ1n) is 9.66. The van der Waals surface area contributed by atoms with E-state index in [4.69, 9.17) is 0 Å². The first-order chi connectivity index (χ1) is 13.2. The third-order valence-electron chi connectivity index (χ3n) is 5.36. The Balaban J connectivity index is 0.00000210. The number of nitrogens with zero attached hydrogens (tertiary/aromatic N) is 4. The predicted molar refractivity (Wildman–Crippen MR) is 116 cm³/mol. The molecular weight excluding hydrogens is 417 g/mol. The topological polar surface area (TPSA) is 78.0 Å². The van der Waals surface area contributed by atoms with Crippen molar-refractivity contribution in [2.75, 3.05) is 57.8 Å². The molecule has 0 aliphatic carbocycles. The molecule has 0 spiro atoms. The molecule has 0 aromatic carbocycles. The predicted octanol–water partition coefficient (Wildman–Crippen LogP) is 1.35. The molecule has 3 heterocycles. The Morgan fingerprint density at radius 3 is 2.28 bits per heavy atom. The molecule has 2 aliphatic heterocycles. The van der Waals surface area contributed by atoms with Crippen LogP contribution in [-0.4, -0.2) is 79.7 Å². The molecule has 164 valence electrons. The number of piperidine rings is 1. The molecule has 0 radical (unpaired) electrons. The van der Waals surface area contributed by atoms with Crippen LogP contribution in [0.25, 0.3) is 0 Å². The summed E-state index contributed by atoms with van der Waals surface area (Å²) in [5.74, 6) is 0.188. The van der Waals surface area contributed by atoms with Crippen LogP contribution in [0, 0.1) is 5.92 Å². The van der Waals surface area contributed by atoms with E-state index in [1.54, 1.807) is 12.4 Å². The van der Waals surface area contributed by atoms with Crippen molar-refractivity contribution in [2.24, 2.45) is 5.92 Å². The number of anilines is 1. The van der Waals surface area contributed by atoms with Gasteiger partial charge in [-0.25, -0.2) is 5.01 Å². The van der Waals surface area contributed by atoms with Crippen molar-refractivity contribution < 1.29 is 14.3 Å². The quantitative estimate of drug-likeness (QED) is 0.659. The van der Waals surface area contributed by atoms with Crippen LogP contribution in [0.2, 0.25) is 0 Å². The normalized spacial score (nSPS) is 17.8. The molecular formula is C19H31Cl2N5O3. The lowest BCUT2D eigenvalue weighted by Gasteiger charge is -2.39. The number of amides is 1. The van der Waals surface area contributed by atoms with Crippen LogP contribution in [0.15, 0.2) is 24.5 Å². The van der Waals surface area contributed by atoms with Crippen molar-refractivity contribution >= 4 is 42.4 Å². The third-order valence-corrected chi connectivity index (χ3v) is 5.36. The molecule has 1 aromatic rings. The molecule has 0 bridgehead atoms. The number of rotatable bonds is 6. The second-order valence-electron chi connectivity index (χ2n) is 7.01. The van der Waals surface area contributed by atoms with Crippen molar-refractivity contribution in [2.45, 2.75) is 19.3 Å². The fourth-order valence-electron chi connectivity index (χ4n) is 3.70. The Bertz CT molecular complexity index is 622. The summed E-state index contributed by atoms with van der Waals surface area (Å²) in [4.78, 5) is 32.4. The molecule has 2 aliphatic rings. The molecule has 1 N–H and O–H groups in total. The number of methoxy groups -OCH3 is 1. The fraction of sp³-hybridized carbons (Fsp3) is 0.632. The number of hydrazine groups is 1. The summed E-state index contributed by atoms with van der Waals surface area (Å²) >= 11 is 0. The number of hydrogen-bond donors (Lipinski definition) is 1. The molecule has 29 heavy (non-hydrogen) atoms. The van der Waals surface area contributed by atoms with Gasteiger partial charge >= 0.3 is 5.97 Å². The van der Waals surface area contributed by atoms with Gasteiger partial charge < -0.3 is 14.5 Å². The van der Waals surface area contributed by atoms with E-state index in [1.165, 1.54) is 12.8 Å². The molecule has 0 saturated carbocycles. The minimum Gasteiger partial charge on any atom is -0.469 e. The van der Waals surface area contributed by atoms with Gasteiger partial charge in [-0.05, 0) is 25.0 Å². The zero-order valence-corrected chi connectivity index (χ0v) is 18.4. The monoisotopic (exact) mass is 447 g/mol. The van der Waals surface area contributed by atoms with E-state index in [0.29, 0.717) is 18.9 Å². The van der Waals surface area contributed by atoms with Gasteiger partial charge in [0.25, 0.3) is 0 Å². The fourth-order valence-corrected chi connectivity index (χ4v) is 3.70.